The number of nitrogens with two attached hydrogens (primary N) is 1. The summed E-state index contributed by atoms with van der Waals surface area (Å²) in [5.41, 5.74) is 0.870. The van der Waals surface area contributed by atoms with Gasteiger partial charge < -0.3 is 20.5 Å². The number of aliphatic hydroxyl groups is 1. The number of nitrogens with one attached hydrogen (secondary N) is 2. The van der Waals surface area contributed by atoms with Gasteiger partial charge in [-0.15, -0.1) is 11.6 Å². The smallest absolute Gasteiger partial charge is 0.229 e. The lowest BCUT2D eigenvalue weighted by Gasteiger charge is -2.22. The molecular formula is C17H24Br2ClN5O4S. The maximum Gasteiger partial charge on any atom is 0.229 e. The summed E-state index contributed by atoms with van der Waals surface area (Å²) >= 11 is 12.5. The normalized spacial score (nSPS) is 15.2. The number of anilines is 2. The fourth-order valence-electron chi connectivity index (χ4n) is 2.11. The summed E-state index contributed by atoms with van der Waals surface area (Å²) in [6, 6.07) is -0.384. The van der Waals surface area contributed by atoms with Crippen LogP contribution in [0.4, 0.5) is 11.8 Å². The first kappa shape index (κ1) is 27.0. The Balaban J connectivity index is 3.14. The van der Waals surface area contributed by atoms with Crippen LogP contribution in [0, 0.1) is 0 Å². The summed E-state index contributed by atoms with van der Waals surface area (Å²) in [5.74, 6) is 0.277. The van der Waals surface area contributed by atoms with E-state index in [-0.39, 0.29) is 30.2 Å². The first-order valence-corrected chi connectivity index (χ1v) is 12.4. The second-order valence-electron chi connectivity index (χ2n) is 6.16. The summed E-state index contributed by atoms with van der Waals surface area (Å²) < 4.78 is 28.9. The third-order valence-corrected chi connectivity index (χ3v) is 6.07. The number of primary sulfonamides is 1. The van der Waals surface area contributed by atoms with Crippen LogP contribution in [0.15, 0.2) is 45.2 Å². The Bertz CT molecular complexity index is 909. The minimum Gasteiger partial charge on any atom is -0.391 e. The maximum absolute atomic E-state index is 11.4. The van der Waals surface area contributed by atoms with E-state index in [2.05, 4.69) is 59.0 Å². The van der Waals surface area contributed by atoms with Crippen molar-refractivity contribution in [3.63, 3.8) is 0 Å². The van der Waals surface area contributed by atoms with Crippen molar-refractivity contribution >= 4 is 65.3 Å². The van der Waals surface area contributed by atoms with Crippen LogP contribution >= 0.6 is 43.5 Å². The summed E-state index contributed by atoms with van der Waals surface area (Å²) in [5, 5.41) is 21.1. The van der Waals surface area contributed by atoms with Crippen LogP contribution in [0.3, 0.4) is 0 Å². The molecule has 0 unspecified atom stereocenters. The van der Waals surface area contributed by atoms with Crippen LogP contribution in [0.25, 0.3) is 0 Å². The predicted molar refractivity (Wildman–Crippen MR) is 127 cm³/mol. The highest BCUT2D eigenvalue weighted by Crippen LogP contribution is 2.23. The number of aliphatic hydroxyl groups excluding tert-OH is 1. The third kappa shape index (κ3) is 9.41. The van der Waals surface area contributed by atoms with E-state index in [1.54, 1.807) is 19.2 Å². The van der Waals surface area contributed by atoms with Gasteiger partial charge in [0.15, 0.2) is 0 Å². The number of alkyl halides is 1. The number of aromatic nitrogens is 2. The van der Waals surface area contributed by atoms with Gasteiger partial charge in [0.25, 0.3) is 0 Å². The standard InChI is InChI=1S/C17H24Br2ClN5O4S/c1-4-12(5-13(18)11(6-20)9-30(21,27)28)23-17-22-7-14(19)16(25-17)24-15(8-29-3)10(2)26/h4-5,7,10,15,26H,1,6,8-9H2,2-3H3,(H2,21,27,28)(H2,22,23,24,25)/b12-5+,13-11-/t10-,15-/m1/s1. The van der Waals surface area contributed by atoms with Gasteiger partial charge in [-0.1, -0.05) is 22.5 Å². The fraction of sp³-hybridized carbons (Fsp3) is 0.412. The summed E-state index contributed by atoms with van der Waals surface area (Å²) in [4.78, 5) is 8.58. The first-order chi connectivity index (χ1) is 14.0. The van der Waals surface area contributed by atoms with Gasteiger partial charge in [-0.25, -0.2) is 18.5 Å². The van der Waals surface area contributed by atoms with E-state index >= 15 is 0 Å². The van der Waals surface area contributed by atoms with Crippen molar-refractivity contribution in [3.8, 4) is 0 Å². The Morgan fingerprint density at radius 3 is 2.70 bits per heavy atom. The summed E-state index contributed by atoms with van der Waals surface area (Å²) in [6.07, 6.45) is 3.96. The average molecular weight is 590 g/mol. The van der Waals surface area contributed by atoms with E-state index in [1.807, 2.05) is 0 Å². The Labute approximate surface area is 198 Å². The molecule has 0 spiro atoms. The van der Waals surface area contributed by atoms with Gasteiger partial charge in [0.2, 0.25) is 16.0 Å². The molecule has 5 N–H and O–H groups in total. The lowest BCUT2D eigenvalue weighted by molar-refractivity contribution is 0.106. The number of rotatable bonds is 12. The van der Waals surface area contributed by atoms with Crippen LogP contribution < -0.4 is 15.8 Å². The summed E-state index contributed by atoms with van der Waals surface area (Å²) in [7, 11) is -2.19. The maximum atomic E-state index is 11.4. The van der Waals surface area contributed by atoms with Gasteiger partial charge in [-0.2, -0.15) is 4.98 Å². The Kier molecular flexibility index (Phi) is 11.5. The number of methoxy groups -OCH3 is 1. The molecule has 2 atom stereocenters. The second kappa shape index (κ2) is 12.7. The molecule has 0 fully saturated rings. The minimum atomic E-state index is -3.73. The van der Waals surface area contributed by atoms with Crippen LogP contribution in [-0.2, 0) is 14.8 Å². The van der Waals surface area contributed by atoms with E-state index in [9.17, 15) is 13.5 Å². The van der Waals surface area contributed by atoms with Crippen molar-refractivity contribution in [2.75, 3.05) is 36.0 Å². The number of sulfonamides is 1. The molecule has 0 aliphatic carbocycles. The molecule has 9 nitrogen and oxygen atoms in total. The quantitative estimate of drug-likeness (QED) is 0.216. The molecule has 1 aromatic heterocycles. The van der Waals surface area contributed by atoms with Gasteiger partial charge in [0.05, 0.1) is 29.0 Å². The van der Waals surface area contributed by atoms with Crippen molar-refractivity contribution in [2.45, 2.75) is 19.1 Å². The molecule has 0 bridgehead atoms. The van der Waals surface area contributed by atoms with E-state index in [1.165, 1.54) is 13.2 Å². The molecule has 0 radical (unpaired) electrons. The zero-order chi connectivity index (χ0) is 22.9. The van der Waals surface area contributed by atoms with Gasteiger partial charge in [0, 0.05) is 29.4 Å². The zero-order valence-electron chi connectivity index (χ0n) is 16.4. The van der Waals surface area contributed by atoms with Crippen molar-refractivity contribution in [1.29, 1.82) is 0 Å². The highest BCUT2D eigenvalue weighted by atomic mass is 79.9. The number of ether oxygens (including phenoxy) is 1. The lowest BCUT2D eigenvalue weighted by atomic mass is 10.2. The van der Waals surface area contributed by atoms with Crippen LogP contribution in [0.5, 0.6) is 0 Å². The zero-order valence-corrected chi connectivity index (χ0v) is 21.1. The molecule has 0 aliphatic heterocycles. The number of allylic oxidation sites excluding steroid dienone is 3. The van der Waals surface area contributed by atoms with Gasteiger partial charge in [0.1, 0.15) is 5.82 Å². The Morgan fingerprint density at radius 2 is 2.20 bits per heavy atom. The van der Waals surface area contributed by atoms with E-state index < -0.39 is 16.1 Å². The Morgan fingerprint density at radius 1 is 1.53 bits per heavy atom. The highest BCUT2D eigenvalue weighted by Gasteiger charge is 2.17. The number of halogens is 3. The minimum absolute atomic E-state index is 0.0268. The number of hydrogen-bond acceptors (Lipinski definition) is 8. The molecule has 0 amide bonds. The van der Waals surface area contributed by atoms with E-state index in [0.717, 1.165) is 0 Å². The molecule has 0 aliphatic rings. The molecule has 0 saturated carbocycles. The third-order valence-electron chi connectivity index (χ3n) is 3.63. The monoisotopic (exact) mass is 587 g/mol. The molecular weight excluding hydrogens is 566 g/mol. The van der Waals surface area contributed by atoms with Crippen molar-refractivity contribution in [3.05, 3.63) is 45.2 Å². The number of nitrogens with zero attached hydrogens (tertiary/aromatic N) is 2. The molecule has 1 heterocycles. The average Bonchev–Trinajstić information content (AvgIpc) is 2.66. The SMILES string of the molecule is C=C/C(=C\C(Br)=C(/CCl)CS(N)(=O)=O)Nc1ncc(Br)c(N[C@H](COC)[C@@H](C)O)n1. The molecule has 1 aromatic rings. The first-order valence-electron chi connectivity index (χ1n) is 8.51. The lowest BCUT2D eigenvalue weighted by Crippen LogP contribution is -2.36. The van der Waals surface area contributed by atoms with E-state index in [4.69, 9.17) is 21.5 Å². The van der Waals surface area contributed by atoms with Crippen molar-refractivity contribution in [2.24, 2.45) is 5.14 Å². The van der Waals surface area contributed by atoms with Gasteiger partial charge in [-0.3, -0.25) is 0 Å². The van der Waals surface area contributed by atoms with Crippen LogP contribution in [0.2, 0.25) is 0 Å². The highest BCUT2D eigenvalue weighted by molar-refractivity contribution is 9.12. The number of hydrogen-bond donors (Lipinski definition) is 4. The molecule has 13 heteroatoms. The predicted octanol–water partition coefficient (Wildman–Crippen LogP) is 2.70. The largest absolute Gasteiger partial charge is 0.391 e. The van der Waals surface area contributed by atoms with Crippen LogP contribution in [0.1, 0.15) is 6.92 Å². The topological polar surface area (TPSA) is 139 Å². The second-order valence-corrected chi connectivity index (χ2v) is 9.75. The van der Waals surface area contributed by atoms with Crippen LogP contribution in [-0.4, -0.2) is 61.0 Å². The molecule has 168 valence electrons. The van der Waals surface area contributed by atoms with Gasteiger partial charge in [-0.05, 0) is 40.6 Å². The fourth-order valence-corrected chi connectivity index (χ4v) is 4.39. The van der Waals surface area contributed by atoms with E-state index in [0.29, 0.717) is 26.0 Å². The molecule has 0 aromatic carbocycles. The van der Waals surface area contributed by atoms with Crippen molar-refractivity contribution in [1.82, 2.24) is 9.97 Å². The summed E-state index contributed by atoms with van der Waals surface area (Å²) in [6.45, 7) is 5.64. The molecule has 0 saturated heterocycles. The van der Waals surface area contributed by atoms with Crippen molar-refractivity contribution < 1.29 is 18.3 Å². The molecule has 30 heavy (non-hydrogen) atoms. The van der Waals surface area contributed by atoms with Gasteiger partial charge >= 0.3 is 0 Å². The molecule has 1 rings (SSSR count). The Hall–Kier alpha value is -1.02.